The van der Waals surface area contributed by atoms with E-state index >= 15 is 0 Å². The van der Waals surface area contributed by atoms with E-state index in [1.54, 1.807) is 0 Å². The van der Waals surface area contributed by atoms with Gasteiger partial charge in [-0.25, -0.2) is 4.98 Å². The van der Waals surface area contributed by atoms with Crippen molar-refractivity contribution in [3.63, 3.8) is 0 Å². The summed E-state index contributed by atoms with van der Waals surface area (Å²) < 4.78 is 0. The molecule has 0 saturated carbocycles. The van der Waals surface area contributed by atoms with Gasteiger partial charge in [0.15, 0.2) is 0 Å². The Morgan fingerprint density at radius 3 is 2.58 bits per heavy atom. The zero-order valence-corrected chi connectivity index (χ0v) is 13.1. The van der Waals surface area contributed by atoms with Gasteiger partial charge in [0.25, 0.3) is 0 Å². The normalized spacial score (nSPS) is 12.7. The smallest absolute Gasteiger partial charge is 0.129 e. The van der Waals surface area contributed by atoms with E-state index in [4.69, 9.17) is 0 Å². The summed E-state index contributed by atoms with van der Waals surface area (Å²) in [4.78, 5) is 6.89. The van der Waals surface area contributed by atoms with Crippen LogP contribution in [0.2, 0.25) is 0 Å². The highest BCUT2D eigenvalue weighted by Gasteiger charge is 2.12. The van der Waals surface area contributed by atoms with Gasteiger partial charge in [0, 0.05) is 25.3 Å². The van der Waals surface area contributed by atoms with Gasteiger partial charge in [0.2, 0.25) is 0 Å². The maximum Gasteiger partial charge on any atom is 0.129 e. The first kappa shape index (κ1) is 16.0. The molecule has 0 spiro atoms. The van der Waals surface area contributed by atoms with Gasteiger partial charge in [-0.1, -0.05) is 20.8 Å². The van der Waals surface area contributed by atoms with Gasteiger partial charge in [-0.05, 0) is 50.4 Å². The molecule has 1 unspecified atom stereocenters. The molecule has 1 aromatic heterocycles. The second-order valence-corrected chi connectivity index (χ2v) is 5.59. The Kier molecular flexibility index (Phi) is 6.85. The standard InChI is InChI=1S/C16H29N3/c1-6-14(5)19(7-2)16-10-15(8-9-18-16)12-17-11-13(3)4/h8-10,13-14,17H,6-7,11-12H2,1-5H3. The summed E-state index contributed by atoms with van der Waals surface area (Å²) in [6.07, 6.45) is 3.07. The summed E-state index contributed by atoms with van der Waals surface area (Å²) >= 11 is 0. The van der Waals surface area contributed by atoms with E-state index in [9.17, 15) is 0 Å². The summed E-state index contributed by atoms with van der Waals surface area (Å²) in [6, 6.07) is 4.85. The van der Waals surface area contributed by atoms with Crippen LogP contribution in [0.25, 0.3) is 0 Å². The van der Waals surface area contributed by atoms with Crippen molar-refractivity contribution >= 4 is 5.82 Å². The first-order chi connectivity index (χ1) is 9.08. The van der Waals surface area contributed by atoms with Crippen LogP contribution in [0.15, 0.2) is 18.3 Å². The van der Waals surface area contributed by atoms with Crippen LogP contribution in [-0.4, -0.2) is 24.1 Å². The lowest BCUT2D eigenvalue weighted by molar-refractivity contribution is 0.552. The van der Waals surface area contributed by atoms with Crippen LogP contribution in [-0.2, 0) is 6.54 Å². The lowest BCUT2D eigenvalue weighted by Crippen LogP contribution is -2.33. The SMILES string of the molecule is CCC(C)N(CC)c1cc(CNCC(C)C)ccn1. The molecule has 3 heteroatoms. The first-order valence-corrected chi connectivity index (χ1v) is 7.50. The molecular weight excluding hydrogens is 234 g/mol. The summed E-state index contributed by atoms with van der Waals surface area (Å²) in [7, 11) is 0. The number of nitrogens with zero attached hydrogens (tertiary/aromatic N) is 2. The Bertz CT molecular complexity index is 363. The Balaban J connectivity index is 2.69. The third-order valence-electron chi connectivity index (χ3n) is 3.45. The minimum atomic E-state index is 0.538. The number of hydrogen-bond acceptors (Lipinski definition) is 3. The molecule has 0 aliphatic rings. The molecule has 108 valence electrons. The Hall–Kier alpha value is -1.09. The van der Waals surface area contributed by atoms with Crippen LogP contribution in [0.1, 0.15) is 46.6 Å². The predicted octanol–water partition coefficient (Wildman–Crippen LogP) is 3.45. The lowest BCUT2D eigenvalue weighted by Gasteiger charge is -2.28. The Morgan fingerprint density at radius 2 is 2.00 bits per heavy atom. The predicted molar refractivity (Wildman–Crippen MR) is 83.6 cm³/mol. The topological polar surface area (TPSA) is 28.2 Å². The molecule has 1 aromatic rings. The van der Waals surface area contributed by atoms with Crippen LogP contribution in [0.3, 0.4) is 0 Å². The number of aromatic nitrogens is 1. The van der Waals surface area contributed by atoms with Gasteiger partial charge in [-0.15, -0.1) is 0 Å². The molecule has 19 heavy (non-hydrogen) atoms. The van der Waals surface area contributed by atoms with E-state index in [0.717, 1.165) is 31.9 Å². The van der Waals surface area contributed by atoms with Gasteiger partial charge in [-0.2, -0.15) is 0 Å². The highest BCUT2D eigenvalue weighted by Crippen LogP contribution is 2.16. The molecule has 0 amide bonds. The summed E-state index contributed by atoms with van der Waals surface area (Å²) in [5.41, 5.74) is 1.31. The van der Waals surface area contributed by atoms with Gasteiger partial charge >= 0.3 is 0 Å². The largest absolute Gasteiger partial charge is 0.354 e. The van der Waals surface area contributed by atoms with Crippen LogP contribution in [0.4, 0.5) is 5.82 Å². The molecule has 1 N–H and O–H groups in total. The highest BCUT2D eigenvalue weighted by molar-refractivity contribution is 5.41. The van der Waals surface area contributed by atoms with E-state index in [-0.39, 0.29) is 0 Å². The average Bonchev–Trinajstić information content (AvgIpc) is 2.39. The third-order valence-corrected chi connectivity index (χ3v) is 3.45. The number of rotatable bonds is 8. The van der Waals surface area contributed by atoms with E-state index in [0.29, 0.717) is 12.0 Å². The van der Waals surface area contributed by atoms with Crippen molar-refractivity contribution in [2.45, 2.75) is 53.6 Å². The van der Waals surface area contributed by atoms with Crippen molar-refractivity contribution < 1.29 is 0 Å². The van der Waals surface area contributed by atoms with Gasteiger partial charge < -0.3 is 10.2 Å². The minimum Gasteiger partial charge on any atom is -0.354 e. The quantitative estimate of drug-likeness (QED) is 0.778. The third kappa shape index (κ3) is 5.19. The second kappa shape index (κ2) is 8.16. The van der Waals surface area contributed by atoms with Crippen molar-refractivity contribution in [3.8, 4) is 0 Å². The minimum absolute atomic E-state index is 0.538. The molecule has 1 heterocycles. The highest BCUT2D eigenvalue weighted by atomic mass is 15.2. The number of pyridine rings is 1. The summed E-state index contributed by atoms with van der Waals surface area (Å²) in [6.45, 7) is 14.1. The average molecular weight is 263 g/mol. The Morgan fingerprint density at radius 1 is 1.26 bits per heavy atom. The van der Waals surface area contributed by atoms with Crippen molar-refractivity contribution in [2.24, 2.45) is 5.92 Å². The fraction of sp³-hybridized carbons (Fsp3) is 0.688. The molecule has 0 fully saturated rings. The molecular formula is C16H29N3. The van der Waals surface area contributed by atoms with Crippen LogP contribution >= 0.6 is 0 Å². The maximum absolute atomic E-state index is 4.52. The molecule has 1 rings (SSSR count). The molecule has 0 bridgehead atoms. The summed E-state index contributed by atoms with van der Waals surface area (Å²) in [5.74, 6) is 1.79. The van der Waals surface area contributed by atoms with E-state index < -0.39 is 0 Å². The number of nitrogens with one attached hydrogen (secondary N) is 1. The zero-order valence-electron chi connectivity index (χ0n) is 13.1. The van der Waals surface area contributed by atoms with E-state index in [2.05, 4.69) is 62.0 Å². The van der Waals surface area contributed by atoms with Crippen molar-refractivity contribution in [1.29, 1.82) is 0 Å². The monoisotopic (exact) mass is 263 g/mol. The fourth-order valence-corrected chi connectivity index (χ4v) is 2.15. The van der Waals surface area contributed by atoms with Gasteiger partial charge in [0.1, 0.15) is 5.82 Å². The van der Waals surface area contributed by atoms with Crippen molar-refractivity contribution in [1.82, 2.24) is 10.3 Å². The van der Waals surface area contributed by atoms with Crippen molar-refractivity contribution in [2.75, 3.05) is 18.0 Å². The van der Waals surface area contributed by atoms with Gasteiger partial charge in [0.05, 0.1) is 0 Å². The Labute approximate surface area is 118 Å². The molecule has 0 aromatic carbocycles. The molecule has 0 aliphatic heterocycles. The van der Waals surface area contributed by atoms with E-state index in [1.807, 2.05) is 6.20 Å². The first-order valence-electron chi connectivity index (χ1n) is 7.50. The molecule has 0 saturated heterocycles. The zero-order chi connectivity index (χ0) is 14.3. The maximum atomic E-state index is 4.52. The van der Waals surface area contributed by atoms with Crippen LogP contribution < -0.4 is 10.2 Å². The number of anilines is 1. The molecule has 0 aliphatic carbocycles. The van der Waals surface area contributed by atoms with Gasteiger partial charge in [-0.3, -0.25) is 0 Å². The molecule has 0 radical (unpaired) electrons. The molecule has 1 atom stereocenters. The number of hydrogen-bond donors (Lipinski definition) is 1. The fourth-order valence-electron chi connectivity index (χ4n) is 2.15. The van der Waals surface area contributed by atoms with Crippen LogP contribution in [0, 0.1) is 5.92 Å². The van der Waals surface area contributed by atoms with E-state index in [1.165, 1.54) is 5.56 Å². The second-order valence-electron chi connectivity index (χ2n) is 5.59. The van der Waals surface area contributed by atoms with Crippen LogP contribution in [0.5, 0.6) is 0 Å². The lowest BCUT2D eigenvalue weighted by atomic mass is 10.2. The van der Waals surface area contributed by atoms with Crippen molar-refractivity contribution in [3.05, 3.63) is 23.9 Å². The molecule has 3 nitrogen and oxygen atoms in total. The summed E-state index contributed by atoms with van der Waals surface area (Å²) in [5, 5.41) is 3.48.